The fraction of sp³-hybridized carbons (Fsp3) is 0.308. The van der Waals surface area contributed by atoms with Crippen molar-refractivity contribution in [1.82, 2.24) is 9.55 Å². The molecule has 0 fully saturated rings. The summed E-state index contributed by atoms with van der Waals surface area (Å²) in [4.78, 5) is 4.07. The molecule has 0 aliphatic heterocycles. The predicted molar refractivity (Wildman–Crippen MR) is 73.1 cm³/mol. The third-order valence-corrected chi connectivity index (χ3v) is 3.53. The number of hydrogen-bond acceptors (Lipinski definition) is 2. The maximum absolute atomic E-state index is 10.4. The number of benzene rings is 1. The molecule has 1 aromatic carbocycles. The van der Waals surface area contributed by atoms with Gasteiger partial charge in [0.2, 0.25) is 0 Å². The number of rotatable bonds is 3. The number of hydrogen-bond donors (Lipinski definition) is 1. The molecule has 1 N–H and O–H groups in total. The molecular formula is C13H14Cl2N2O. The Morgan fingerprint density at radius 3 is 2.56 bits per heavy atom. The molecule has 0 spiro atoms. The van der Waals surface area contributed by atoms with Crippen LogP contribution in [0.2, 0.25) is 10.0 Å². The third kappa shape index (κ3) is 2.53. The number of halogens is 2. The van der Waals surface area contributed by atoms with Crippen molar-refractivity contribution in [3.8, 4) is 0 Å². The van der Waals surface area contributed by atoms with Gasteiger partial charge in [-0.15, -0.1) is 0 Å². The average molecular weight is 285 g/mol. The summed E-state index contributed by atoms with van der Waals surface area (Å²) in [6, 6.07) is 5.35. The minimum Gasteiger partial charge on any atom is -0.382 e. The van der Waals surface area contributed by atoms with Gasteiger partial charge in [-0.3, -0.25) is 0 Å². The lowest BCUT2D eigenvalue weighted by Crippen LogP contribution is -2.10. The molecule has 2 rings (SSSR count). The molecule has 0 saturated heterocycles. The average Bonchev–Trinajstić information content (AvgIpc) is 2.81. The molecule has 1 aromatic heterocycles. The van der Waals surface area contributed by atoms with E-state index in [-0.39, 0.29) is 6.04 Å². The van der Waals surface area contributed by atoms with E-state index >= 15 is 0 Å². The van der Waals surface area contributed by atoms with E-state index in [0.717, 1.165) is 5.69 Å². The largest absolute Gasteiger partial charge is 0.382 e. The van der Waals surface area contributed by atoms with Crippen molar-refractivity contribution in [2.24, 2.45) is 0 Å². The Hall–Kier alpha value is -1.03. The van der Waals surface area contributed by atoms with Crippen molar-refractivity contribution in [1.29, 1.82) is 0 Å². The van der Waals surface area contributed by atoms with Gasteiger partial charge in [0.15, 0.2) is 0 Å². The molecule has 0 radical (unpaired) electrons. The first-order valence-corrected chi connectivity index (χ1v) is 6.41. The number of aromatic nitrogens is 2. The van der Waals surface area contributed by atoms with Gasteiger partial charge in [-0.05, 0) is 31.5 Å². The van der Waals surface area contributed by atoms with E-state index in [1.165, 1.54) is 0 Å². The molecule has 0 aliphatic carbocycles. The lowest BCUT2D eigenvalue weighted by atomic mass is 10.1. The minimum absolute atomic E-state index is 0.236. The molecule has 18 heavy (non-hydrogen) atoms. The minimum atomic E-state index is -0.760. The van der Waals surface area contributed by atoms with Crippen molar-refractivity contribution in [3.05, 3.63) is 52.0 Å². The zero-order chi connectivity index (χ0) is 13.3. The van der Waals surface area contributed by atoms with Crippen LogP contribution in [0.5, 0.6) is 0 Å². The summed E-state index contributed by atoms with van der Waals surface area (Å²) in [5.74, 6) is 0. The zero-order valence-corrected chi connectivity index (χ0v) is 11.7. The zero-order valence-electron chi connectivity index (χ0n) is 10.1. The number of imidazole rings is 1. The normalized spacial score (nSPS) is 13.0. The van der Waals surface area contributed by atoms with Crippen molar-refractivity contribution < 1.29 is 5.11 Å². The van der Waals surface area contributed by atoms with Gasteiger partial charge < -0.3 is 9.67 Å². The summed E-state index contributed by atoms with van der Waals surface area (Å²) in [5.41, 5.74) is 1.44. The van der Waals surface area contributed by atoms with Gasteiger partial charge in [0.05, 0.1) is 28.3 Å². The molecule has 0 bridgehead atoms. The maximum atomic E-state index is 10.4. The summed E-state index contributed by atoms with van der Waals surface area (Å²) in [6.45, 7) is 4.07. The highest BCUT2D eigenvalue weighted by Gasteiger charge is 2.17. The summed E-state index contributed by atoms with van der Waals surface area (Å²) in [7, 11) is 0. The van der Waals surface area contributed by atoms with Gasteiger partial charge >= 0.3 is 0 Å². The van der Waals surface area contributed by atoms with E-state index in [4.69, 9.17) is 23.2 Å². The second kappa shape index (κ2) is 5.31. The van der Waals surface area contributed by atoms with Crippen LogP contribution >= 0.6 is 23.2 Å². The maximum Gasteiger partial charge on any atom is 0.121 e. The van der Waals surface area contributed by atoms with Crippen LogP contribution in [0.25, 0.3) is 0 Å². The molecule has 5 heteroatoms. The first-order chi connectivity index (χ1) is 8.50. The van der Waals surface area contributed by atoms with Crippen LogP contribution in [0.1, 0.15) is 37.3 Å². The second-order valence-electron chi connectivity index (χ2n) is 4.40. The molecule has 0 saturated carbocycles. The highest BCUT2D eigenvalue weighted by molar-refractivity contribution is 6.42. The Balaban J connectivity index is 2.38. The SMILES string of the molecule is CC(C)n1cncc1C(O)c1ccc(Cl)c(Cl)c1. The van der Waals surface area contributed by atoms with Crippen LogP contribution in [-0.4, -0.2) is 14.7 Å². The molecule has 1 unspecified atom stereocenters. The fourth-order valence-electron chi connectivity index (χ4n) is 1.81. The summed E-state index contributed by atoms with van der Waals surface area (Å²) < 4.78 is 1.92. The van der Waals surface area contributed by atoms with Crippen molar-refractivity contribution in [2.45, 2.75) is 26.0 Å². The van der Waals surface area contributed by atoms with E-state index in [0.29, 0.717) is 15.6 Å². The first kappa shape index (κ1) is 13.4. The molecule has 0 amide bonds. The van der Waals surface area contributed by atoms with Crippen LogP contribution in [0.3, 0.4) is 0 Å². The molecule has 1 heterocycles. The van der Waals surface area contributed by atoms with Crippen molar-refractivity contribution in [3.63, 3.8) is 0 Å². The second-order valence-corrected chi connectivity index (χ2v) is 5.21. The fourth-order valence-corrected chi connectivity index (χ4v) is 2.12. The monoisotopic (exact) mass is 284 g/mol. The van der Waals surface area contributed by atoms with Gasteiger partial charge in [0, 0.05) is 6.04 Å². The van der Waals surface area contributed by atoms with Crippen molar-refractivity contribution >= 4 is 23.2 Å². The Morgan fingerprint density at radius 1 is 1.22 bits per heavy atom. The van der Waals surface area contributed by atoms with Crippen LogP contribution < -0.4 is 0 Å². The van der Waals surface area contributed by atoms with E-state index in [1.54, 1.807) is 30.7 Å². The number of nitrogens with zero attached hydrogens (tertiary/aromatic N) is 2. The standard InChI is InChI=1S/C13H14Cl2N2O/c1-8(2)17-7-16-6-12(17)13(18)9-3-4-10(14)11(15)5-9/h3-8,13,18H,1-2H3. The number of aliphatic hydroxyl groups is 1. The van der Waals surface area contributed by atoms with Gasteiger partial charge in [0.1, 0.15) is 6.10 Å². The Bertz CT molecular complexity index is 552. The highest BCUT2D eigenvalue weighted by atomic mass is 35.5. The Morgan fingerprint density at radius 2 is 1.94 bits per heavy atom. The lowest BCUT2D eigenvalue weighted by Gasteiger charge is -2.17. The van der Waals surface area contributed by atoms with Gasteiger partial charge in [0.25, 0.3) is 0 Å². The summed E-state index contributed by atoms with van der Waals surface area (Å²) >= 11 is 11.8. The van der Waals surface area contributed by atoms with Crippen LogP contribution in [-0.2, 0) is 0 Å². The van der Waals surface area contributed by atoms with E-state index in [1.807, 2.05) is 18.4 Å². The Labute approximate surface area is 116 Å². The lowest BCUT2D eigenvalue weighted by molar-refractivity contribution is 0.208. The summed E-state index contributed by atoms with van der Waals surface area (Å²) in [5, 5.41) is 11.3. The van der Waals surface area contributed by atoms with Gasteiger partial charge in [-0.2, -0.15) is 0 Å². The van der Waals surface area contributed by atoms with Crippen LogP contribution in [0.4, 0.5) is 0 Å². The Kier molecular flexibility index (Phi) is 3.95. The molecule has 1 atom stereocenters. The highest BCUT2D eigenvalue weighted by Crippen LogP contribution is 2.29. The van der Waals surface area contributed by atoms with E-state index in [9.17, 15) is 5.11 Å². The smallest absolute Gasteiger partial charge is 0.121 e. The van der Waals surface area contributed by atoms with E-state index in [2.05, 4.69) is 4.98 Å². The van der Waals surface area contributed by atoms with Gasteiger partial charge in [-0.1, -0.05) is 29.3 Å². The van der Waals surface area contributed by atoms with Crippen LogP contribution in [0.15, 0.2) is 30.7 Å². The molecule has 0 aliphatic rings. The molecular weight excluding hydrogens is 271 g/mol. The topological polar surface area (TPSA) is 38.0 Å². The van der Waals surface area contributed by atoms with Gasteiger partial charge in [-0.25, -0.2) is 4.98 Å². The number of aliphatic hydroxyl groups excluding tert-OH is 1. The van der Waals surface area contributed by atoms with E-state index < -0.39 is 6.10 Å². The molecule has 3 nitrogen and oxygen atoms in total. The summed E-state index contributed by atoms with van der Waals surface area (Å²) in [6.07, 6.45) is 2.61. The first-order valence-electron chi connectivity index (χ1n) is 5.65. The van der Waals surface area contributed by atoms with Crippen molar-refractivity contribution in [2.75, 3.05) is 0 Å². The third-order valence-electron chi connectivity index (χ3n) is 2.79. The quantitative estimate of drug-likeness (QED) is 0.930. The molecule has 96 valence electrons. The predicted octanol–water partition coefficient (Wildman–Crippen LogP) is 3.85. The van der Waals surface area contributed by atoms with Crippen LogP contribution in [0, 0.1) is 0 Å². The molecule has 2 aromatic rings.